The molecule has 1 amide bonds. The summed E-state index contributed by atoms with van der Waals surface area (Å²) in [6.45, 7) is 4.85. The maximum atomic E-state index is 12.2. The zero-order valence-corrected chi connectivity index (χ0v) is 15.1. The Hall–Kier alpha value is -2.30. The fraction of sp³-hybridized carbons (Fsp3) is 0.500. The molecule has 0 bridgehead atoms. The van der Waals surface area contributed by atoms with Crippen LogP contribution in [0.3, 0.4) is 0 Å². The van der Waals surface area contributed by atoms with E-state index in [1.54, 1.807) is 0 Å². The summed E-state index contributed by atoms with van der Waals surface area (Å²) in [4.78, 5) is 16.7. The number of amides is 1. The second-order valence-electron chi connectivity index (χ2n) is 6.86. The van der Waals surface area contributed by atoms with Crippen LogP contribution in [0.25, 0.3) is 10.9 Å². The highest BCUT2D eigenvalue weighted by molar-refractivity contribution is 5.97. The van der Waals surface area contributed by atoms with Gasteiger partial charge in [-0.05, 0) is 44.4 Å². The first-order chi connectivity index (χ1) is 12.1. The molecule has 1 aromatic carbocycles. The van der Waals surface area contributed by atoms with Crippen molar-refractivity contribution >= 4 is 22.5 Å². The van der Waals surface area contributed by atoms with Crippen molar-refractivity contribution in [1.82, 2.24) is 10.3 Å². The number of aromatic nitrogens is 1. The molecule has 25 heavy (non-hydrogen) atoms. The van der Waals surface area contributed by atoms with Gasteiger partial charge in [0.2, 0.25) is 5.91 Å². The lowest BCUT2D eigenvalue weighted by Gasteiger charge is -2.20. The molecule has 2 aromatic rings. The van der Waals surface area contributed by atoms with Crippen molar-refractivity contribution in [2.75, 3.05) is 18.9 Å². The van der Waals surface area contributed by atoms with Crippen LogP contribution in [0.1, 0.15) is 43.4 Å². The maximum absolute atomic E-state index is 12.2. The van der Waals surface area contributed by atoms with Gasteiger partial charge in [0, 0.05) is 17.3 Å². The third kappa shape index (κ3) is 3.86. The first-order valence-electron chi connectivity index (χ1n) is 9.14. The number of nitrogens with zero attached hydrogens (tertiary/aromatic N) is 1. The molecule has 5 nitrogen and oxygen atoms in total. The molecule has 0 atom stereocenters. The van der Waals surface area contributed by atoms with Gasteiger partial charge < -0.3 is 15.8 Å². The molecule has 1 heterocycles. The van der Waals surface area contributed by atoms with Gasteiger partial charge in [-0.25, -0.2) is 0 Å². The van der Waals surface area contributed by atoms with Crippen molar-refractivity contribution in [2.45, 2.75) is 46.0 Å². The molecule has 1 fully saturated rings. The average molecular weight is 341 g/mol. The fourth-order valence-electron chi connectivity index (χ4n) is 3.49. The number of ether oxygens (including phenoxy) is 1. The standard InChI is InChI=1S/C20H27N3O2/c1-13-14(2)23-16-9-6-10-17(18(16)19(13)21)25-12-11-22-20(24)15-7-4-3-5-8-15/h6,9-10,15H,3-5,7-8,11-12H2,1-2H3,(H2,21,23)(H,22,24). The van der Waals surface area contributed by atoms with E-state index in [9.17, 15) is 4.79 Å². The van der Waals surface area contributed by atoms with Gasteiger partial charge in [0.15, 0.2) is 0 Å². The summed E-state index contributed by atoms with van der Waals surface area (Å²) in [6, 6.07) is 5.76. The molecule has 0 spiro atoms. The summed E-state index contributed by atoms with van der Waals surface area (Å²) in [5.41, 5.74) is 9.74. The molecule has 3 N–H and O–H groups in total. The van der Waals surface area contributed by atoms with Crippen LogP contribution in [0.4, 0.5) is 5.69 Å². The Morgan fingerprint density at radius 2 is 2.04 bits per heavy atom. The third-order valence-electron chi connectivity index (χ3n) is 5.14. The molecule has 3 rings (SSSR count). The summed E-state index contributed by atoms with van der Waals surface area (Å²) in [5.74, 6) is 1.06. The Morgan fingerprint density at radius 3 is 2.80 bits per heavy atom. The van der Waals surface area contributed by atoms with Crippen molar-refractivity contribution in [3.63, 3.8) is 0 Å². The number of nitrogens with two attached hydrogens (primary N) is 1. The Kier molecular flexibility index (Phi) is 5.41. The predicted molar refractivity (Wildman–Crippen MR) is 101 cm³/mol. The topological polar surface area (TPSA) is 77.2 Å². The van der Waals surface area contributed by atoms with Crippen LogP contribution >= 0.6 is 0 Å². The Labute approximate surface area is 149 Å². The first kappa shape index (κ1) is 17.5. The van der Waals surface area contributed by atoms with Gasteiger partial charge in [0.25, 0.3) is 0 Å². The molecule has 1 saturated carbocycles. The minimum Gasteiger partial charge on any atom is -0.491 e. The zero-order chi connectivity index (χ0) is 17.8. The number of hydrogen-bond donors (Lipinski definition) is 2. The Morgan fingerprint density at radius 1 is 1.28 bits per heavy atom. The van der Waals surface area contributed by atoms with E-state index in [1.807, 2.05) is 32.0 Å². The number of pyridine rings is 1. The minimum absolute atomic E-state index is 0.161. The smallest absolute Gasteiger partial charge is 0.223 e. The van der Waals surface area contributed by atoms with E-state index in [4.69, 9.17) is 10.5 Å². The summed E-state index contributed by atoms with van der Waals surface area (Å²) in [7, 11) is 0. The van der Waals surface area contributed by atoms with Gasteiger partial charge in [0.05, 0.1) is 17.4 Å². The number of carbonyl (C=O) groups is 1. The van der Waals surface area contributed by atoms with Crippen LogP contribution in [0.15, 0.2) is 18.2 Å². The normalized spacial score (nSPS) is 15.3. The zero-order valence-electron chi connectivity index (χ0n) is 15.1. The second kappa shape index (κ2) is 7.72. The second-order valence-corrected chi connectivity index (χ2v) is 6.86. The van der Waals surface area contributed by atoms with Crippen molar-refractivity contribution in [3.8, 4) is 5.75 Å². The van der Waals surface area contributed by atoms with E-state index in [1.165, 1.54) is 6.42 Å². The molecule has 5 heteroatoms. The lowest BCUT2D eigenvalue weighted by molar-refractivity contribution is -0.126. The summed E-state index contributed by atoms with van der Waals surface area (Å²) >= 11 is 0. The Balaban J connectivity index is 1.62. The largest absolute Gasteiger partial charge is 0.491 e. The summed E-state index contributed by atoms with van der Waals surface area (Å²) in [5, 5.41) is 3.85. The molecule has 1 aromatic heterocycles. The van der Waals surface area contributed by atoms with Crippen LogP contribution in [0, 0.1) is 19.8 Å². The van der Waals surface area contributed by atoms with Crippen molar-refractivity contribution < 1.29 is 9.53 Å². The van der Waals surface area contributed by atoms with Crippen LogP contribution in [-0.2, 0) is 4.79 Å². The molecule has 0 radical (unpaired) electrons. The van der Waals surface area contributed by atoms with E-state index in [2.05, 4.69) is 10.3 Å². The Bertz CT molecular complexity index is 767. The minimum atomic E-state index is 0.161. The van der Waals surface area contributed by atoms with Gasteiger partial charge in [-0.1, -0.05) is 25.3 Å². The fourth-order valence-corrected chi connectivity index (χ4v) is 3.49. The van der Waals surface area contributed by atoms with E-state index < -0.39 is 0 Å². The molecular weight excluding hydrogens is 314 g/mol. The van der Waals surface area contributed by atoms with Gasteiger partial charge in [-0.15, -0.1) is 0 Å². The van der Waals surface area contributed by atoms with Gasteiger partial charge >= 0.3 is 0 Å². The van der Waals surface area contributed by atoms with E-state index in [0.717, 1.165) is 53.6 Å². The van der Waals surface area contributed by atoms with Gasteiger partial charge in [0.1, 0.15) is 12.4 Å². The number of benzene rings is 1. The summed E-state index contributed by atoms with van der Waals surface area (Å²) < 4.78 is 5.90. The van der Waals surface area contributed by atoms with Crippen molar-refractivity contribution in [3.05, 3.63) is 29.5 Å². The number of nitrogens with one attached hydrogen (secondary N) is 1. The maximum Gasteiger partial charge on any atom is 0.223 e. The van der Waals surface area contributed by atoms with Crippen LogP contribution in [-0.4, -0.2) is 24.0 Å². The number of anilines is 1. The van der Waals surface area contributed by atoms with E-state index >= 15 is 0 Å². The molecule has 0 unspecified atom stereocenters. The van der Waals surface area contributed by atoms with Gasteiger partial charge in [-0.2, -0.15) is 0 Å². The quantitative estimate of drug-likeness (QED) is 0.816. The molecule has 1 aliphatic rings. The van der Waals surface area contributed by atoms with Gasteiger partial charge in [-0.3, -0.25) is 9.78 Å². The lowest BCUT2D eigenvalue weighted by Crippen LogP contribution is -2.34. The van der Waals surface area contributed by atoms with Crippen molar-refractivity contribution in [2.24, 2.45) is 5.92 Å². The molecular formula is C20H27N3O2. The lowest BCUT2D eigenvalue weighted by atomic mass is 9.89. The molecule has 0 saturated heterocycles. The number of carbonyl (C=O) groups excluding carboxylic acids is 1. The number of hydrogen-bond acceptors (Lipinski definition) is 4. The number of fused-ring (bicyclic) bond motifs is 1. The SMILES string of the molecule is Cc1nc2cccc(OCCNC(=O)C3CCCCC3)c2c(N)c1C. The van der Waals surface area contributed by atoms with E-state index in [0.29, 0.717) is 18.8 Å². The molecule has 1 aliphatic carbocycles. The first-order valence-corrected chi connectivity index (χ1v) is 9.14. The van der Waals surface area contributed by atoms with Crippen LogP contribution in [0.5, 0.6) is 5.75 Å². The number of aryl methyl sites for hydroxylation is 1. The number of rotatable bonds is 5. The predicted octanol–water partition coefficient (Wildman–Crippen LogP) is 3.51. The summed E-state index contributed by atoms with van der Waals surface area (Å²) in [6.07, 6.45) is 5.60. The highest BCUT2D eigenvalue weighted by atomic mass is 16.5. The average Bonchev–Trinajstić information content (AvgIpc) is 2.63. The monoisotopic (exact) mass is 341 g/mol. The molecule has 134 valence electrons. The third-order valence-corrected chi connectivity index (χ3v) is 5.14. The van der Waals surface area contributed by atoms with Crippen LogP contribution < -0.4 is 15.8 Å². The highest BCUT2D eigenvalue weighted by Crippen LogP contribution is 2.32. The molecule has 0 aliphatic heterocycles. The van der Waals surface area contributed by atoms with Crippen LogP contribution in [0.2, 0.25) is 0 Å². The highest BCUT2D eigenvalue weighted by Gasteiger charge is 2.20. The van der Waals surface area contributed by atoms with E-state index in [-0.39, 0.29) is 11.8 Å². The van der Waals surface area contributed by atoms with Crippen molar-refractivity contribution in [1.29, 1.82) is 0 Å². The number of nitrogen functional groups attached to an aromatic ring is 1.